The van der Waals surface area contributed by atoms with E-state index in [4.69, 9.17) is 5.73 Å². The Morgan fingerprint density at radius 2 is 2.05 bits per heavy atom. The van der Waals surface area contributed by atoms with Crippen LogP contribution in [0.4, 0.5) is 24.5 Å². The molecule has 0 unspecified atom stereocenters. The second kappa shape index (κ2) is 6.49. The molecule has 0 bridgehead atoms. The van der Waals surface area contributed by atoms with E-state index in [1.165, 1.54) is 17.0 Å². The number of carbonyl (C=O) groups excluding carboxylic acids is 1. The normalized spacial score (nSPS) is 11.2. The highest BCUT2D eigenvalue weighted by Crippen LogP contribution is 2.35. The van der Waals surface area contributed by atoms with E-state index < -0.39 is 11.7 Å². The molecule has 4 nitrogen and oxygen atoms in total. The van der Waals surface area contributed by atoms with Crippen molar-refractivity contribution in [1.82, 2.24) is 5.32 Å². The van der Waals surface area contributed by atoms with Crippen LogP contribution in [0.2, 0.25) is 0 Å². The third kappa shape index (κ3) is 4.32. The maximum absolute atomic E-state index is 12.7. The molecule has 0 fully saturated rings. The Balaban J connectivity index is 2.84. The average Bonchev–Trinajstić information content (AvgIpc) is 2.35. The molecule has 1 aromatic carbocycles. The molecule has 1 aromatic rings. The highest BCUT2D eigenvalue weighted by Gasteiger charge is 2.33. The Labute approximate surface area is 115 Å². The highest BCUT2D eigenvalue weighted by molar-refractivity contribution is 5.81. The second-order valence-corrected chi connectivity index (χ2v) is 4.48. The first-order valence-electron chi connectivity index (χ1n) is 6.20. The van der Waals surface area contributed by atoms with Crippen molar-refractivity contribution in [1.29, 1.82) is 0 Å². The van der Waals surface area contributed by atoms with Gasteiger partial charge in [-0.3, -0.25) is 4.79 Å². The lowest BCUT2D eigenvalue weighted by Gasteiger charge is -2.20. The first kappa shape index (κ1) is 16.1. The minimum atomic E-state index is -4.51. The summed E-state index contributed by atoms with van der Waals surface area (Å²) in [6.45, 7) is 2.45. The van der Waals surface area contributed by atoms with Gasteiger partial charge in [0.05, 0.1) is 12.1 Å². The van der Waals surface area contributed by atoms with Crippen LogP contribution in [0.1, 0.15) is 18.9 Å². The lowest BCUT2D eigenvalue weighted by Crippen LogP contribution is -2.35. The fraction of sp³-hybridized carbons (Fsp3) is 0.462. The van der Waals surface area contributed by atoms with Crippen LogP contribution in [0, 0.1) is 0 Å². The number of carbonyl (C=O) groups is 1. The standard InChI is InChI=1S/C13H18F3N3O/c1-3-6-18-12(20)8-19(2)9-4-5-11(17)10(7-9)13(14,15)16/h4-5,7H,3,6,8,17H2,1-2H3,(H,18,20). The van der Waals surface area contributed by atoms with E-state index in [-0.39, 0.29) is 23.8 Å². The van der Waals surface area contributed by atoms with Crippen LogP contribution < -0.4 is 16.0 Å². The molecule has 3 N–H and O–H groups in total. The summed E-state index contributed by atoms with van der Waals surface area (Å²) in [5.74, 6) is -0.236. The maximum Gasteiger partial charge on any atom is 0.418 e. The number of hydrogen-bond acceptors (Lipinski definition) is 3. The number of hydrogen-bond donors (Lipinski definition) is 2. The summed E-state index contributed by atoms with van der Waals surface area (Å²) < 4.78 is 38.2. The van der Waals surface area contributed by atoms with E-state index in [0.717, 1.165) is 12.5 Å². The van der Waals surface area contributed by atoms with Gasteiger partial charge in [0, 0.05) is 25.0 Å². The number of anilines is 2. The molecule has 0 aliphatic carbocycles. The summed E-state index contributed by atoms with van der Waals surface area (Å²) in [7, 11) is 1.55. The van der Waals surface area contributed by atoms with E-state index >= 15 is 0 Å². The first-order valence-corrected chi connectivity index (χ1v) is 6.20. The van der Waals surface area contributed by atoms with Gasteiger partial charge in [-0.05, 0) is 24.6 Å². The Morgan fingerprint density at radius 3 is 2.60 bits per heavy atom. The molecule has 0 spiro atoms. The Morgan fingerprint density at radius 1 is 1.40 bits per heavy atom. The number of nitrogen functional groups attached to an aromatic ring is 1. The topological polar surface area (TPSA) is 58.4 Å². The summed E-state index contributed by atoms with van der Waals surface area (Å²) >= 11 is 0. The van der Waals surface area contributed by atoms with Gasteiger partial charge in [0.2, 0.25) is 5.91 Å². The molecule has 20 heavy (non-hydrogen) atoms. The van der Waals surface area contributed by atoms with Gasteiger partial charge in [-0.2, -0.15) is 13.2 Å². The predicted octanol–water partition coefficient (Wildman–Crippen LogP) is 2.25. The minimum Gasteiger partial charge on any atom is -0.398 e. The molecule has 0 aliphatic heterocycles. The number of benzene rings is 1. The summed E-state index contributed by atoms with van der Waals surface area (Å²) in [5.41, 5.74) is 4.39. The van der Waals surface area contributed by atoms with Crippen LogP contribution in [-0.2, 0) is 11.0 Å². The Hall–Kier alpha value is -1.92. The second-order valence-electron chi connectivity index (χ2n) is 4.48. The zero-order valence-electron chi connectivity index (χ0n) is 11.4. The number of rotatable bonds is 5. The molecule has 0 aromatic heterocycles. The number of nitrogens with two attached hydrogens (primary N) is 1. The zero-order chi connectivity index (χ0) is 15.3. The number of alkyl halides is 3. The molecule has 1 rings (SSSR count). The van der Waals surface area contributed by atoms with Gasteiger partial charge in [-0.15, -0.1) is 0 Å². The molecule has 0 aliphatic rings. The Bertz CT molecular complexity index is 474. The molecule has 1 amide bonds. The number of nitrogens with zero attached hydrogens (tertiary/aromatic N) is 1. The van der Waals surface area contributed by atoms with Crippen molar-refractivity contribution in [2.45, 2.75) is 19.5 Å². The van der Waals surface area contributed by atoms with Gasteiger partial charge >= 0.3 is 6.18 Å². The van der Waals surface area contributed by atoms with Gasteiger partial charge in [-0.25, -0.2) is 0 Å². The monoisotopic (exact) mass is 289 g/mol. The van der Waals surface area contributed by atoms with E-state index in [1.54, 1.807) is 7.05 Å². The summed E-state index contributed by atoms with van der Waals surface area (Å²) in [6, 6.07) is 3.60. The van der Waals surface area contributed by atoms with E-state index in [2.05, 4.69) is 5.32 Å². The van der Waals surface area contributed by atoms with E-state index in [1.807, 2.05) is 6.92 Å². The molecule has 0 saturated carbocycles. The van der Waals surface area contributed by atoms with Crippen LogP contribution in [0.25, 0.3) is 0 Å². The summed E-state index contributed by atoms with van der Waals surface area (Å²) in [4.78, 5) is 13.0. The van der Waals surface area contributed by atoms with Crippen molar-refractivity contribution in [2.75, 3.05) is 30.8 Å². The molecule has 0 radical (unpaired) electrons. The quantitative estimate of drug-likeness (QED) is 0.817. The third-order valence-electron chi connectivity index (χ3n) is 2.74. The summed E-state index contributed by atoms with van der Waals surface area (Å²) in [6.07, 6.45) is -3.71. The van der Waals surface area contributed by atoms with Crippen molar-refractivity contribution < 1.29 is 18.0 Å². The molecule has 0 heterocycles. The summed E-state index contributed by atoms with van der Waals surface area (Å²) in [5, 5.41) is 2.66. The molecule has 0 saturated heterocycles. The molecule has 112 valence electrons. The van der Waals surface area contributed by atoms with Gasteiger partial charge in [0.25, 0.3) is 0 Å². The van der Waals surface area contributed by atoms with Gasteiger partial charge in [-0.1, -0.05) is 6.92 Å². The molecule has 0 atom stereocenters. The number of nitrogens with one attached hydrogen (secondary N) is 1. The lowest BCUT2D eigenvalue weighted by atomic mass is 10.1. The van der Waals surface area contributed by atoms with Gasteiger partial charge in [0.15, 0.2) is 0 Å². The van der Waals surface area contributed by atoms with E-state index in [9.17, 15) is 18.0 Å². The average molecular weight is 289 g/mol. The van der Waals surface area contributed by atoms with Crippen LogP contribution >= 0.6 is 0 Å². The predicted molar refractivity (Wildman–Crippen MR) is 72.4 cm³/mol. The van der Waals surface area contributed by atoms with Crippen LogP contribution in [-0.4, -0.2) is 26.0 Å². The maximum atomic E-state index is 12.7. The fourth-order valence-corrected chi connectivity index (χ4v) is 1.65. The number of likely N-dealkylation sites (N-methyl/N-ethyl adjacent to an activating group) is 1. The molecular formula is C13H18F3N3O. The fourth-order valence-electron chi connectivity index (χ4n) is 1.65. The van der Waals surface area contributed by atoms with E-state index in [0.29, 0.717) is 6.54 Å². The third-order valence-corrected chi connectivity index (χ3v) is 2.74. The lowest BCUT2D eigenvalue weighted by molar-refractivity contribution is -0.136. The molecule has 7 heteroatoms. The van der Waals surface area contributed by atoms with Gasteiger partial charge in [0.1, 0.15) is 0 Å². The van der Waals surface area contributed by atoms with Crippen LogP contribution in [0.3, 0.4) is 0 Å². The van der Waals surface area contributed by atoms with Crippen LogP contribution in [0.5, 0.6) is 0 Å². The minimum absolute atomic E-state index is 0.0127. The smallest absolute Gasteiger partial charge is 0.398 e. The SMILES string of the molecule is CCCNC(=O)CN(C)c1ccc(N)c(C(F)(F)F)c1. The molecular weight excluding hydrogens is 271 g/mol. The largest absolute Gasteiger partial charge is 0.418 e. The van der Waals surface area contributed by atoms with Crippen molar-refractivity contribution in [3.8, 4) is 0 Å². The van der Waals surface area contributed by atoms with Crippen molar-refractivity contribution in [3.05, 3.63) is 23.8 Å². The first-order chi connectivity index (χ1) is 9.25. The number of amides is 1. The van der Waals surface area contributed by atoms with Crippen molar-refractivity contribution in [3.63, 3.8) is 0 Å². The van der Waals surface area contributed by atoms with Crippen molar-refractivity contribution >= 4 is 17.3 Å². The van der Waals surface area contributed by atoms with Crippen LogP contribution in [0.15, 0.2) is 18.2 Å². The highest BCUT2D eigenvalue weighted by atomic mass is 19.4. The van der Waals surface area contributed by atoms with Gasteiger partial charge < -0.3 is 16.0 Å². The van der Waals surface area contributed by atoms with Crippen molar-refractivity contribution in [2.24, 2.45) is 0 Å². The Kier molecular flexibility index (Phi) is 5.24. The number of halogens is 3. The zero-order valence-corrected chi connectivity index (χ0v) is 11.4.